The molecule has 0 bridgehead atoms. The van der Waals surface area contributed by atoms with Crippen molar-refractivity contribution < 1.29 is 0 Å². The average molecular weight is 462 g/mol. The van der Waals surface area contributed by atoms with E-state index in [9.17, 15) is 0 Å². The van der Waals surface area contributed by atoms with Crippen LogP contribution >= 0.6 is 31.9 Å². The molecule has 87 valence electrons. The molecule has 0 unspecified atom stereocenters. The Kier molecular flexibility index (Phi) is 6.84. The molecular formula is C14H12Br2Sb. The fourth-order valence-electron chi connectivity index (χ4n) is 1.67. The van der Waals surface area contributed by atoms with Crippen molar-refractivity contribution >= 4 is 56.3 Å². The zero-order chi connectivity index (χ0) is 11.4. The molecule has 2 rings (SSSR count). The predicted molar refractivity (Wildman–Crippen MR) is 81.4 cm³/mol. The summed E-state index contributed by atoms with van der Waals surface area (Å²) in [4.78, 5) is 0. The van der Waals surface area contributed by atoms with Gasteiger partial charge in [-0.15, -0.1) is 0 Å². The number of rotatable bonds is 3. The van der Waals surface area contributed by atoms with Crippen LogP contribution in [0.1, 0.15) is 11.1 Å². The summed E-state index contributed by atoms with van der Waals surface area (Å²) in [5.41, 5.74) is 2.72. The molecule has 0 spiro atoms. The SMILES string of the molecule is Brc1ccccc1CCc1ccccc1Br.[Sb]. The Hall–Kier alpha value is 0.218. The first kappa shape index (κ1) is 15.3. The molecule has 0 saturated carbocycles. The summed E-state index contributed by atoms with van der Waals surface area (Å²) in [5, 5.41) is 0. The maximum Gasteiger partial charge on any atom is 0.0207 e. The third-order valence-corrected chi connectivity index (χ3v) is 4.13. The number of halogens is 2. The van der Waals surface area contributed by atoms with Crippen molar-refractivity contribution in [3.05, 3.63) is 68.6 Å². The Labute approximate surface area is 137 Å². The minimum atomic E-state index is 0. The fraction of sp³-hybridized carbons (Fsp3) is 0.143. The molecule has 17 heavy (non-hydrogen) atoms. The molecule has 0 amide bonds. The second kappa shape index (κ2) is 7.61. The molecule has 3 radical (unpaired) electrons. The van der Waals surface area contributed by atoms with E-state index in [4.69, 9.17) is 0 Å². The third-order valence-electron chi connectivity index (χ3n) is 2.58. The van der Waals surface area contributed by atoms with Gasteiger partial charge in [-0.05, 0) is 36.1 Å². The van der Waals surface area contributed by atoms with Crippen LogP contribution in [-0.2, 0) is 12.8 Å². The van der Waals surface area contributed by atoms with Crippen molar-refractivity contribution in [3.63, 3.8) is 0 Å². The molecule has 0 N–H and O–H groups in total. The zero-order valence-corrected chi connectivity index (χ0v) is 15.0. The van der Waals surface area contributed by atoms with Crippen molar-refractivity contribution in [2.24, 2.45) is 0 Å². The van der Waals surface area contributed by atoms with Crippen LogP contribution in [-0.4, -0.2) is 24.4 Å². The Morgan fingerprint density at radius 1 is 0.647 bits per heavy atom. The summed E-state index contributed by atoms with van der Waals surface area (Å²) in [5.74, 6) is 0. The van der Waals surface area contributed by atoms with Crippen LogP contribution in [0, 0.1) is 0 Å². The Morgan fingerprint density at radius 2 is 1.00 bits per heavy atom. The van der Waals surface area contributed by atoms with Crippen LogP contribution in [0.15, 0.2) is 57.5 Å². The minimum Gasteiger partial charge on any atom is -0.0619 e. The van der Waals surface area contributed by atoms with Gasteiger partial charge in [-0.2, -0.15) is 0 Å². The maximum atomic E-state index is 3.58. The van der Waals surface area contributed by atoms with Gasteiger partial charge in [0.15, 0.2) is 0 Å². The quantitative estimate of drug-likeness (QED) is 0.585. The first-order valence-electron chi connectivity index (χ1n) is 5.24. The smallest absolute Gasteiger partial charge is 0.0207 e. The van der Waals surface area contributed by atoms with Gasteiger partial charge >= 0.3 is 0 Å². The van der Waals surface area contributed by atoms with E-state index in [1.165, 1.54) is 20.1 Å². The molecule has 3 heteroatoms. The van der Waals surface area contributed by atoms with Crippen LogP contribution < -0.4 is 0 Å². The molecule has 2 aromatic carbocycles. The molecule has 0 aromatic heterocycles. The summed E-state index contributed by atoms with van der Waals surface area (Å²) in [6, 6.07) is 16.8. The molecule has 0 heterocycles. The standard InChI is InChI=1S/C14H12Br2.Sb/c15-13-7-3-1-5-11(13)9-10-12-6-2-4-8-14(12)16;/h1-8H,9-10H2;. The number of benzene rings is 2. The van der Waals surface area contributed by atoms with Gasteiger partial charge in [-0.1, -0.05) is 68.3 Å². The van der Waals surface area contributed by atoms with Crippen molar-refractivity contribution in [3.8, 4) is 0 Å². The van der Waals surface area contributed by atoms with Gasteiger partial charge < -0.3 is 0 Å². The monoisotopic (exact) mass is 459 g/mol. The second-order valence-electron chi connectivity index (χ2n) is 3.68. The normalized spacial score (nSPS) is 9.76. The average Bonchev–Trinajstić information content (AvgIpc) is 2.30. The minimum absolute atomic E-state index is 0. The first-order chi connectivity index (χ1) is 7.77. The summed E-state index contributed by atoms with van der Waals surface area (Å²) < 4.78 is 2.39. The number of hydrogen-bond acceptors (Lipinski definition) is 0. The molecule has 0 aliphatic heterocycles. The Morgan fingerprint density at radius 3 is 1.35 bits per heavy atom. The van der Waals surface area contributed by atoms with Gasteiger partial charge in [0.2, 0.25) is 0 Å². The Bertz CT molecular complexity index is 438. The molecule has 0 aliphatic carbocycles. The van der Waals surface area contributed by atoms with Gasteiger partial charge in [0.25, 0.3) is 0 Å². The van der Waals surface area contributed by atoms with Crippen LogP contribution in [0.5, 0.6) is 0 Å². The van der Waals surface area contributed by atoms with E-state index in [2.05, 4.69) is 68.3 Å². The third kappa shape index (κ3) is 4.43. The van der Waals surface area contributed by atoms with E-state index in [0.29, 0.717) is 0 Å². The van der Waals surface area contributed by atoms with E-state index in [1.807, 2.05) is 12.1 Å². The first-order valence-corrected chi connectivity index (χ1v) is 6.83. The topological polar surface area (TPSA) is 0 Å². The molecule has 0 fully saturated rings. The predicted octanol–water partition coefficient (Wildman–Crippen LogP) is 4.62. The molecule has 2 aromatic rings. The van der Waals surface area contributed by atoms with Crippen LogP contribution in [0.2, 0.25) is 0 Å². The largest absolute Gasteiger partial charge is 0.0619 e. The number of hydrogen-bond donors (Lipinski definition) is 0. The van der Waals surface area contributed by atoms with Crippen LogP contribution in [0.4, 0.5) is 0 Å². The number of aryl methyl sites for hydroxylation is 2. The van der Waals surface area contributed by atoms with Gasteiger partial charge in [0, 0.05) is 33.4 Å². The molecule has 0 nitrogen and oxygen atoms in total. The van der Waals surface area contributed by atoms with Crippen LogP contribution in [0.25, 0.3) is 0 Å². The van der Waals surface area contributed by atoms with E-state index < -0.39 is 0 Å². The molecular weight excluding hydrogens is 450 g/mol. The summed E-state index contributed by atoms with van der Waals surface area (Å²) in [7, 11) is 0. The van der Waals surface area contributed by atoms with E-state index >= 15 is 0 Å². The van der Waals surface area contributed by atoms with E-state index in [1.54, 1.807) is 0 Å². The fourth-order valence-corrected chi connectivity index (χ4v) is 2.64. The maximum absolute atomic E-state index is 3.58. The van der Waals surface area contributed by atoms with Crippen molar-refractivity contribution in [2.75, 3.05) is 0 Å². The summed E-state index contributed by atoms with van der Waals surface area (Å²) in [6.45, 7) is 0. The van der Waals surface area contributed by atoms with Crippen molar-refractivity contribution in [1.82, 2.24) is 0 Å². The summed E-state index contributed by atoms with van der Waals surface area (Å²) in [6.07, 6.45) is 2.12. The Balaban J connectivity index is 0.00000144. The second-order valence-corrected chi connectivity index (χ2v) is 5.39. The summed E-state index contributed by atoms with van der Waals surface area (Å²) >= 11 is 7.15. The van der Waals surface area contributed by atoms with Gasteiger partial charge in [0.1, 0.15) is 0 Å². The molecule has 0 saturated heterocycles. The molecule has 0 aliphatic rings. The van der Waals surface area contributed by atoms with Gasteiger partial charge in [0.05, 0.1) is 0 Å². The zero-order valence-electron chi connectivity index (χ0n) is 9.24. The van der Waals surface area contributed by atoms with E-state index in [0.717, 1.165) is 12.8 Å². The van der Waals surface area contributed by atoms with Crippen LogP contribution in [0.3, 0.4) is 0 Å². The van der Waals surface area contributed by atoms with Crippen molar-refractivity contribution in [2.45, 2.75) is 12.8 Å². The van der Waals surface area contributed by atoms with Gasteiger partial charge in [-0.25, -0.2) is 0 Å². The van der Waals surface area contributed by atoms with E-state index in [-0.39, 0.29) is 24.4 Å². The van der Waals surface area contributed by atoms with Gasteiger partial charge in [-0.3, -0.25) is 0 Å². The molecule has 0 atom stereocenters. The van der Waals surface area contributed by atoms with Crippen molar-refractivity contribution in [1.29, 1.82) is 0 Å².